The molecule has 0 saturated heterocycles. The molecule has 5 nitrogen and oxygen atoms in total. The summed E-state index contributed by atoms with van der Waals surface area (Å²) in [6.07, 6.45) is 7.48. The Labute approximate surface area is 107 Å². The van der Waals surface area contributed by atoms with Gasteiger partial charge < -0.3 is 19.6 Å². The van der Waals surface area contributed by atoms with Gasteiger partial charge in [-0.2, -0.15) is 0 Å². The normalized spacial score (nSPS) is 11.5. The number of rotatable bonds is 5. The highest BCUT2D eigenvalue weighted by atomic mass is 16.3. The van der Waals surface area contributed by atoms with Gasteiger partial charge in [-0.25, -0.2) is 0 Å². The van der Waals surface area contributed by atoms with Gasteiger partial charge in [-0.1, -0.05) is 0 Å². The largest absolute Gasteiger partial charge is 0.472 e. The van der Waals surface area contributed by atoms with Gasteiger partial charge >= 0.3 is 0 Å². The van der Waals surface area contributed by atoms with Crippen molar-refractivity contribution in [1.82, 2.24) is 15.2 Å². The summed E-state index contributed by atoms with van der Waals surface area (Å²) in [5, 5.41) is 6.48. The summed E-state index contributed by atoms with van der Waals surface area (Å²) in [4.78, 5) is 4.16. The van der Waals surface area contributed by atoms with Gasteiger partial charge in [-0.3, -0.25) is 4.99 Å². The van der Waals surface area contributed by atoms with Crippen LogP contribution in [0.1, 0.15) is 5.56 Å². The van der Waals surface area contributed by atoms with Gasteiger partial charge in [0.1, 0.15) is 0 Å². The van der Waals surface area contributed by atoms with E-state index in [1.165, 1.54) is 0 Å². The SMILES string of the molecule is CN=C(NCCn1cccc1)NCc1ccoc1. The smallest absolute Gasteiger partial charge is 0.191 e. The zero-order valence-electron chi connectivity index (χ0n) is 10.5. The van der Waals surface area contributed by atoms with Crippen LogP contribution in [0.5, 0.6) is 0 Å². The average molecular weight is 246 g/mol. The molecular formula is C13H18N4O. The third kappa shape index (κ3) is 3.69. The fourth-order valence-corrected chi connectivity index (χ4v) is 1.62. The lowest BCUT2D eigenvalue weighted by atomic mass is 10.3. The van der Waals surface area contributed by atoms with Gasteiger partial charge in [0, 0.05) is 44.6 Å². The second-order valence-corrected chi connectivity index (χ2v) is 3.91. The Morgan fingerprint density at radius 3 is 2.83 bits per heavy atom. The first-order valence-electron chi connectivity index (χ1n) is 5.95. The zero-order chi connectivity index (χ0) is 12.6. The number of hydrogen-bond acceptors (Lipinski definition) is 2. The highest BCUT2D eigenvalue weighted by Crippen LogP contribution is 1.98. The minimum Gasteiger partial charge on any atom is -0.472 e. The van der Waals surface area contributed by atoms with E-state index in [1.54, 1.807) is 19.6 Å². The van der Waals surface area contributed by atoms with E-state index >= 15 is 0 Å². The van der Waals surface area contributed by atoms with E-state index < -0.39 is 0 Å². The summed E-state index contributed by atoms with van der Waals surface area (Å²) >= 11 is 0. The summed E-state index contributed by atoms with van der Waals surface area (Å²) in [7, 11) is 1.76. The maximum absolute atomic E-state index is 5.01. The van der Waals surface area contributed by atoms with Crippen LogP contribution in [0.3, 0.4) is 0 Å². The molecule has 5 heteroatoms. The molecule has 2 heterocycles. The highest BCUT2D eigenvalue weighted by molar-refractivity contribution is 5.79. The van der Waals surface area contributed by atoms with Crippen molar-refractivity contribution in [2.45, 2.75) is 13.1 Å². The molecule has 0 aromatic carbocycles. The van der Waals surface area contributed by atoms with Crippen LogP contribution in [0.4, 0.5) is 0 Å². The predicted octanol–water partition coefficient (Wildman–Crippen LogP) is 1.45. The minimum atomic E-state index is 0.708. The van der Waals surface area contributed by atoms with Gasteiger partial charge in [-0.05, 0) is 18.2 Å². The van der Waals surface area contributed by atoms with E-state index in [0.717, 1.165) is 24.6 Å². The van der Waals surface area contributed by atoms with Crippen LogP contribution in [0, 0.1) is 0 Å². The number of nitrogens with one attached hydrogen (secondary N) is 2. The maximum Gasteiger partial charge on any atom is 0.191 e. The van der Waals surface area contributed by atoms with Crippen LogP contribution >= 0.6 is 0 Å². The molecule has 2 N–H and O–H groups in total. The fourth-order valence-electron chi connectivity index (χ4n) is 1.62. The van der Waals surface area contributed by atoms with Crippen molar-refractivity contribution in [2.24, 2.45) is 4.99 Å². The summed E-state index contributed by atoms with van der Waals surface area (Å²) in [5.74, 6) is 0.795. The van der Waals surface area contributed by atoms with Crippen molar-refractivity contribution in [2.75, 3.05) is 13.6 Å². The summed E-state index contributed by atoms with van der Waals surface area (Å²) < 4.78 is 7.13. The van der Waals surface area contributed by atoms with Gasteiger partial charge in [0.25, 0.3) is 0 Å². The lowest BCUT2D eigenvalue weighted by molar-refractivity contribution is 0.563. The molecule has 0 spiro atoms. The summed E-state index contributed by atoms with van der Waals surface area (Å²) in [6.45, 7) is 2.46. The molecule has 0 atom stereocenters. The van der Waals surface area contributed by atoms with Crippen molar-refractivity contribution >= 4 is 5.96 Å². The average Bonchev–Trinajstić information content (AvgIpc) is 3.06. The Bertz CT molecular complexity index is 459. The first-order chi connectivity index (χ1) is 8.88. The number of aliphatic imine (C=N–C) groups is 1. The zero-order valence-corrected chi connectivity index (χ0v) is 10.5. The molecule has 0 radical (unpaired) electrons. The van der Waals surface area contributed by atoms with Crippen molar-refractivity contribution in [3.8, 4) is 0 Å². The Morgan fingerprint density at radius 1 is 1.33 bits per heavy atom. The maximum atomic E-state index is 5.01. The standard InChI is InChI=1S/C13H18N4O/c1-14-13(16-10-12-4-9-18-11-12)15-5-8-17-6-2-3-7-17/h2-4,6-7,9,11H,5,8,10H2,1H3,(H2,14,15,16). The molecule has 0 unspecified atom stereocenters. The molecule has 18 heavy (non-hydrogen) atoms. The van der Waals surface area contributed by atoms with E-state index in [2.05, 4.69) is 20.2 Å². The van der Waals surface area contributed by atoms with E-state index in [1.807, 2.05) is 30.6 Å². The summed E-state index contributed by atoms with van der Waals surface area (Å²) in [5.41, 5.74) is 1.10. The Hall–Kier alpha value is -2.17. The number of guanidine groups is 1. The molecule has 0 amide bonds. The van der Waals surface area contributed by atoms with E-state index in [0.29, 0.717) is 6.54 Å². The molecule has 0 fully saturated rings. The molecule has 96 valence electrons. The third-order valence-electron chi connectivity index (χ3n) is 2.59. The van der Waals surface area contributed by atoms with Crippen LogP contribution in [0.15, 0.2) is 52.5 Å². The van der Waals surface area contributed by atoms with Crippen LogP contribution in [-0.4, -0.2) is 24.1 Å². The molecule has 0 aliphatic heterocycles. The quantitative estimate of drug-likeness (QED) is 0.620. The third-order valence-corrected chi connectivity index (χ3v) is 2.59. The Balaban J connectivity index is 1.69. The Kier molecular flexibility index (Phi) is 4.46. The number of nitrogens with zero attached hydrogens (tertiary/aromatic N) is 2. The monoisotopic (exact) mass is 246 g/mol. The molecule has 2 rings (SSSR count). The highest BCUT2D eigenvalue weighted by Gasteiger charge is 1.98. The lowest BCUT2D eigenvalue weighted by Crippen LogP contribution is -2.38. The molecule has 0 aliphatic carbocycles. The molecule has 0 aliphatic rings. The summed E-state index contributed by atoms with van der Waals surface area (Å²) in [6, 6.07) is 5.97. The topological polar surface area (TPSA) is 54.5 Å². The van der Waals surface area contributed by atoms with Gasteiger partial charge in [-0.15, -0.1) is 0 Å². The minimum absolute atomic E-state index is 0.708. The molecule has 2 aromatic rings. The van der Waals surface area contributed by atoms with Crippen molar-refractivity contribution < 1.29 is 4.42 Å². The van der Waals surface area contributed by atoms with E-state index in [4.69, 9.17) is 4.42 Å². The van der Waals surface area contributed by atoms with E-state index in [9.17, 15) is 0 Å². The fraction of sp³-hybridized carbons (Fsp3) is 0.308. The molecular weight excluding hydrogens is 228 g/mol. The van der Waals surface area contributed by atoms with Crippen LogP contribution in [0.2, 0.25) is 0 Å². The number of hydrogen-bond donors (Lipinski definition) is 2. The van der Waals surface area contributed by atoms with Gasteiger partial charge in [0.15, 0.2) is 5.96 Å². The predicted molar refractivity (Wildman–Crippen MR) is 71.3 cm³/mol. The molecule has 2 aromatic heterocycles. The first kappa shape index (κ1) is 12.3. The van der Waals surface area contributed by atoms with Crippen LogP contribution < -0.4 is 10.6 Å². The van der Waals surface area contributed by atoms with Crippen LogP contribution in [-0.2, 0) is 13.1 Å². The second kappa shape index (κ2) is 6.54. The first-order valence-corrected chi connectivity index (χ1v) is 5.95. The van der Waals surface area contributed by atoms with Crippen LogP contribution in [0.25, 0.3) is 0 Å². The second-order valence-electron chi connectivity index (χ2n) is 3.91. The number of aromatic nitrogens is 1. The van der Waals surface area contributed by atoms with Crippen molar-refractivity contribution in [3.05, 3.63) is 48.7 Å². The van der Waals surface area contributed by atoms with Crippen molar-refractivity contribution in [3.63, 3.8) is 0 Å². The van der Waals surface area contributed by atoms with Gasteiger partial charge in [0.05, 0.1) is 12.5 Å². The van der Waals surface area contributed by atoms with Crippen molar-refractivity contribution in [1.29, 1.82) is 0 Å². The number of furan rings is 1. The lowest BCUT2D eigenvalue weighted by Gasteiger charge is -2.11. The van der Waals surface area contributed by atoms with Gasteiger partial charge in [0.2, 0.25) is 0 Å². The Morgan fingerprint density at radius 2 is 2.17 bits per heavy atom. The van der Waals surface area contributed by atoms with E-state index in [-0.39, 0.29) is 0 Å². The molecule has 0 bridgehead atoms. The molecule has 0 saturated carbocycles.